The van der Waals surface area contributed by atoms with Crippen molar-refractivity contribution in [1.29, 1.82) is 0 Å². The third kappa shape index (κ3) is 2.67. The molecule has 0 spiro atoms. The first-order valence-corrected chi connectivity index (χ1v) is 5.68. The smallest absolute Gasteiger partial charge is 0.0707 e. The van der Waals surface area contributed by atoms with Gasteiger partial charge in [-0.1, -0.05) is 0 Å². The van der Waals surface area contributed by atoms with Gasteiger partial charge in [0, 0.05) is 39.3 Å². The highest BCUT2D eigenvalue weighted by molar-refractivity contribution is 4.81. The topological polar surface area (TPSA) is 47.5 Å². The van der Waals surface area contributed by atoms with E-state index in [0.717, 1.165) is 52.2 Å². The van der Waals surface area contributed by atoms with E-state index < -0.39 is 0 Å². The largest absolute Gasteiger partial charge is 0.391 e. The third-order valence-corrected chi connectivity index (χ3v) is 3.30. The Morgan fingerprint density at radius 3 is 2.64 bits per heavy atom. The van der Waals surface area contributed by atoms with Gasteiger partial charge in [0.25, 0.3) is 0 Å². The summed E-state index contributed by atoms with van der Waals surface area (Å²) in [7, 11) is 0. The van der Waals surface area contributed by atoms with E-state index in [2.05, 4.69) is 15.5 Å². The van der Waals surface area contributed by atoms with E-state index >= 15 is 0 Å². The normalized spacial score (nSPS) is 31.9. The summed E-state index contributed by atoms with van der Waals surface area (Å²) in [6, 6.07) is 0. The van der Waals surface area contributed by atoms with Crippen LogP contribution in [0.2, 0.25) is 0 Å². The first-order chi connectivity index (χ1) is 6.86. The Morgan fingerprint density at radius 1 is 1.21 bits per heavy atom. The van der Waals surface area contributed by atoms with Crippen LogP contribution in [0.4, 0.5) is 0 Å². The Morgan fingerprint density at radius 2 is 2.00 bits per heavy atom. The van der Waals surface area contributed by atoms with E-state index in [0.29, 0.717) is 5.92 Å². The molecule has 2 rings (SSSR count). The summed E-state index contributed by atoms with van der Waals surface area (Å²) in [5, 5.41) is 16.6. The van der Waals surface area contributed by atoms with Crippen LogP contribution in [0.3, 0.4) is 0 Å². The first-order valence-electron chi connectivity index (χ1n) is 5.68. The Kier molecular flexibility index (Phi) is 3.75. The van der Waals surface area contributed by atoms with Gasteiger partial charge in [0.2, 0.25) is 0 Å². The number of nitrogens with zero attached hydrogens (tertiary/aromatic N) is 1. The van der Waals surface area contributed by atoms with Gasteiger partial charge in [0.05, 0.1) is 6.10 Å². The summed E-state index contributed by atoms with van der Waals surface area (Å²) in [6.07, 6.45) is 0.996. The molecule has 2 aliphatic heterocycles. The van der Waals surface area contributed by atoms with Gasteiger partial charge in [-0.15, -0.1) is 0 Å². The lowest BCUT2D eigenvalue weighted by Crippen LogP contribution is -2.47. The highest BCUT2D eigenvalue weighted by Crippen LogP contribution is 2.13. The molecular weight excluding hydrogens is 178 g/mol. The van der Waals surface area contributed by atoms with Crippen molar-refractivity contribution in [2.24, 2.45) is 5.92 Å². The maximum atomic E-state index is 10.00. The van der Waals surface area contributed by atoms with E-state index in [1.54, 1.807) is 0 Å². The van der Waals surface area contributed by atoms with Crippen LogP contribution in [0.15, 0.2) is 0 Å². The molecule has 2 fully saturated rings. The van der Waals surface area contributed by atoms with Crippen molar-refractivity contribution in [2.75, 3.05) is 45.8 Å². The van der Waals surface area contributed by atoms with Gasteiger partial charge in [-0.3, -0.25) is 4.90 Å². The zero-order valence-corrected chi connectivity index (χ0v) is 8.71. The molecule has 0 aliphatic carbocycles. The Balaban J connectivity index is 1.72. The molecule has 2 unspecified atom stereocenters. The van der Waals surface area contributed by atoms with Crippen molar-refractivity contribution in [2.45, 2.75) is 12.5 Å². The zero-order chi connectivity index (χ0) is 9.80. The number of nitrogens with one attached hydrogen (secondary N) is 2. The standard InChI is InChI=1S/C10H21N3O/c14-10(9-1-2-12-7-9)8-13-5-3-11-4-6-13/h9-12,14H,1-8H2. The van der Waals surface area contributed by atoms with E-state index in [1.807, 2.05) is 0 Å². The number of aliphatic hydroxyl groups excluding tert-OH is 1. The number of β-amino-alcohol motifs (C(OH)–C–C–N with tert-alkyl or cyclic N) is 1. The number of hydrogen-bond acceptors (Lipinski definition) is 4. The van der Waals surface area contributed by atoms with Gasteiger partial charge in [-0.25, -0.2) is 0 Å². The molecule has 14 heavy (non-hydrogen) atoms. The van der Waals surface area contributed by atoms with Gasteiger partial charge >= 0.3 is 0 Å². The second kappa shape index (κ2) is 5.07. The molecule has 2 heterocycles. The van der Waals surface area contributed by atoms with Crippen molar-refractivity contribution >= 4 is 0 Å². The molecule has 82 valence electrons. The second-order valence-electron chi connectivity index (χ2n) is 4.37. The highest BCUT2D eigenvalue weighted by Gasteiger charge is 2.25. The van der Waals surface area contributed by atoms with E-state index in [1.165, 1.54) is 0 Å². The first kappa shape index (κ1) is 10.4. The van der Waals surface area contributed by atoms with E-state index in [9.17, 15) is 5.11 Å². The fourth-order valence-electron chi connectivity index (χ4n) is 2.31. The number of piperazine rings is 1. The van der Waals surface area contributed by atoms with Crippen LogP contribution >= 0.6 is 0 Å². The van der Waals surface area contributed by atoms with E-state index in [-0.39, 0.29) is 6.10 Å². The molecule has 0 bridgehead atoms. The SMILES string of the molecule is OC(CN1CCNCC1)C1CCNC1. The zero-order valence-electron chi connectivity index (χ0n) is 8.71. The molecule has 0 radical (unpaired) electrons. The lowest BCUT2D eigenvalue weighted by atomic mass is 10.0. The lowest BCUT2D eigenvalue weighted by molar-refractivity contribution is 0.0657. The summed E-state index contributed by atoms with van der Waals surface area (Å²) in [5.41, 5.74) is 0. The Hall–Kier alpha value is -0.160. The van der Waals surface area contributed by atoms with Crippen LogP contribution in [0, 0.1) is 5.92 Å². The van der Waals surface area contributed by atoms with Crippen molar-refractivity contribution in [1.82, 2.24) is 15.5 Å². The molecule has 2 aliphatic rings. The quantitative estimate of drug-likeness (QED) is 0.538. The molecule has 0 aromatic carbocycles. The second-order valence-corrected chi connectivity index (χ2v) is 4.37. The van der Waals surface area contributed by atoms with Crippen LogP contribution < -0.4 is 10.6 Å². The van der Waals surface area contributed by atoms with Crippen LogP contribution in [0.25, 0.3) is 0 Å². The van der Waals surface area contributed by atoms with Crippen LogP contribution in [0.1, 0.15) is 6.42 Å². The van der Waals surface area contributed by atoms with Gasteiger partial charge in [-0.2, -0.15) is 0 Å². The van der Waals surface area contributed by atoms with Crippen LogP contribution in [-0.2, 0) is 0 Å². The molecule has 0 aromatic rings. The van der Waals surface area contributed by atoms with Gasteiger partial charge in [-0.05, 0) is 18.9 Å². The maximum absolute atomic E-state index is 10.00. The molecule has 3 N–H and O–H groups in total. The van der Waals surface area contributed by atoms with Crippen molar-refractivity contribution in [3.8, 4) is 0 Å². The van der Waals surface area contributed by atoms with Gasteiger partial charge < -0.3 is 15.7 Å². The fraction of sp³-hybridized carbons (Fsp3) is 1.00. The summed E-state index contributed by atoms with van der Waals surface area (Å²) in [4.78, 5) is 2.36. The molecule has 2 atom stereocenters. The Labute approximate surface area is 85.7 Å². The molecule has 0 amide bonds. The maximum Gasteiger partial charge on any atom is 0.0707 e. The minimum atomic E-state index is -0.136. The van der Waals surface area contributed by atoms with Crippen molar-refractivity contribution < 1.29 is 5.11 Å². The predicted molar refractivity (Wildman–Crippen MR) is 56.3 cm³/mol. The highest BCUT2D eigenvalue weighted by atomic mass is 16.3. The average Bonchev–Trinajstić information content (AvgIpc) is 2.72. The monoisotopic (exact) mass is 199 g/mol. The van der Waals surface area contributed by atoms with Crippen LogP contribution in [-0.4, -0.2) is 61.9 Å². The molecule has 2 saturated heterocycles. The van der Waals surface area contributed by atoms with Gasteiger partial charge in [0.15, 0.2) is 0 Å². The molecule has 4 nitrogen and oxygen atoms in total. The minimum absolute atomic E-state index is 0.136. The average molecular weight is 199 g/mol. The van der Waals surface area contributed by atoms with E-state index in [4.69, 9.17) is 0 Å². The third-order valence-electron chi connectivity index (χ3n) is 3.30. The summed E-state index contributed by atoms with van der Waals surface area (Å²) >= 11 is 0. The molecular formula is C10H21N3O. The summed E-state index contributed by atoms with van der Waals surface area (Å²) in [6.45, 7) is 7.21. The molecule has 0 aromatic heterocycles. The number of aliphatic hydroxyl groups is 1. The number of rotatable bonds is 3. The molecule has 0 saturated carbocycles. The predicted octanol–water partition coefficient (Wildman–Crippen LogP) is -1.14. The van der Waals surface area contributed by atoms with Crippen molar-refractivity contribution in [3.63, 3.8) is 0 Å². The van der Waals surface area contributed by atoms with Crippen molar-refractivity contribution in [3.05, 3.63) is 0 Å². The molecule has 4 heteroatoms. The summed E-state index contributed by atoms with van der Waals surface area (Å²) in [5.74, 6) is 0.477. The van der Waals surface area contributed by atoms with Gasteiger partial charge in [0.1, 0.15) is 0 Å². The fourth-order valence-corrected chi connectivity index (χ4v) is 2.31. The summed E-state index contributed by atoms with van der Waals surface area (Å²) < 4.78 is 0. The van der Waals surface area contributed by atoms with Crippen LogP contribution in [0.5, 0.6) is 0 Å². The minimum Gasteiger partial charge on any atom is -0.391 e. The number of hydrogen-bond donors (Lipinski definition) is 3. The Bertz CT molecular complexity index is 165. The lowest BCUT2D eigenvalue weighted by Gasteiger charge is -2.30.